The van der Waals surface area contributed by atoms with E-state index < -0.39 is 0 Å². The molecule has 0 unspecified atom stereocenters. The van der Waals surface area contributed by atoms with Crippen molar-refractivity contribution in [3.8, 4) is 123 Å². The largest absolute Gasteiger partial charge is 0.456 e. The van der Waals surface area contributed by atoms with Crippen molar-refractivity contribution < 1.29 is 8.83 Å². The number of furan rings is 2. The lowest BCUT2D eigenvalue weighted by atomic mass is 9.90. The molecule has 0 saturated carbocycles. The zero-order chi connectivity index (χ0) is 62.1. The molecular weight excluding hydrogens is 1140 g/mol. The molecule has 4 aromatic heterocycles. The molecule has 0 radical (unpaired) electrons. The number of aromatic nitrogens is 2. The van der Waals surface area contributed by atoms with Crippen LogP contribution in [-0.4, -0.2) is 9.97 Å². The minimum atomic E-state index is 0.855. The van der Waals surface area contributed by atoms with Crippen LogP contribution in [0.15, 0.2) is 349 Å². The molecule has 0 aliphatic rings. The Balaban J connectivity index is 0.613. The number of pyridine rings is 2. The Morgan fingerprint density at radius 1 is 0.160 bits per heavy atom. The average Bonchev–Trinajstić information content (AvgIpc) is 1.42. The minimum Gasteiger partial charge on any atom is -0.456 e. The molecule has 0 fully saturated rings. The van der Waals surface area contributed by atoms with Crippen molar-refractivity contribution in [2.75, 3.05) is 0 Å². The van der Waals surface area contributed by atoms with Crippen molar-refractivity contribution in [2.45, 2.75) is 0 Å². The van der Waals surface area contributed by atoms with Gasteiger partial charge in [0.1, 0.15) is 22.3 Å². The second-order valence-electron chi connectivity index (χ2n) is 24.4. The molecule has 0 spiro atoms. The van der Waals surface area contributed by atoms with E-state index in [9.17, 15) is 0 Å². The van der Waals surface area contributed by atoms with E-state index in [1.54, 1.807) is 0 Å². The van der Waals surface area contributed by atoms with E-state index in [1.165, 1.54) is 43.8 Å². The zero-order valence-corrected chi connectivity index (χ0v) is 51.0. The summed E-state index contributed by atoms with van der Waals surface area (Å²) in [4.78, 5) is 10.5. The van der Waals surface area contributed by atoms with Crippen LogP contribution in [0.4, 0.5) is 0 Å². The molecule has 14 aromatic carbocycles. The fourth-order valence-corrected chi connectivity index (χ4v) is 13.8. The number of fused-ring (bicyclic) bond motifs is 8. The van der Waals surface area contributed by atoms with Crippen molar-refractivity contribution in [1.82, 2.24) is 9.97 Å². The summed E-state index contributed by atoms with van der Waals surface area (Å²) in [5, 5.41) is 9.20. The molecule has 0 aliphatic heterocycles. The molecule has 0 bridgehead atoms. The van der Waals surface area contributed by atoms with Crippen LogP contribution < -0.4 is 0 Å². The Kier molecular flexibility index (Phi) is 13.2. The van der Waals surface area contributed by atoms with Gasteiger partial charge in [0.05, 0.1) is 22.8 Å². The Labute approximate surface area is 543 Å². The van der Waals surface area contributed by atoms with Gasteiger partial charge in [0.2, 0.25) is 0 Å². The normalized spacial score (nSPS) is 11.6. The Hall–Kier alpha value is -12.5. The lowest BCUT2D eigenvalue weighted by Crippen LogP contribution is -1.93. The van der Waals surface area contributed by atoms with Gasteiger partial charge in [-0.2, -0.15) is 0 Å². The number of para-hydroxylation sites is 1. The predicted octanol–water partition coefficient (Wildman–Crippen LogP) is 24.9. The summed E-state index contributed by atoms with van der Waals surface area (Å²) in [7, 11) is 0. The van der Waals surface area contributed by atoms with E-state index in [0.29, 0.717) is 0 Å². The summed E-state index contributed by atoms with van der Waals surface area (Å²) in [6.07, 6.45) is 0. The SMILES string of the molecule is c1ccc(-c2cc(-c3ccc4cc(-c5cccc(-c6ccc7oc8cc(-c9ccc(-c%10cc(-c%11ccc(-c%12ccc(-c%13ccc%14oc%15ccccc%15c%14c%13)cc%12)c%12ccccc%11%12)cc(-c%11ccccc%11)n%10)cc9)ccc8c7c6)c5)ccc4c3)cc(-c3ccccc3)n2)cc1. The van der Waals surface area contributed by atoms with Gasteiger partial charge in [-0.15, -0.1) is 0 Å². The van der Waals surface area contributed by atoms with Gasteiger partial charge in [-0.25, -0.2) is 9.97 Å². The molecule has 438 valence electrons. The summed E-state index contributed by atoms with van der Waals surface area (Å²) in [5.74, 6) is 0. The number of benzene rings is 14. The maximum atomic E-state index is 6.62. The highest BCUT2D eigenvalue weighted by atomic mass is 16.3. The van der Waals surface area contributed by atoms with Crippen molar-refractivity contribution in [1.29, 1.82) is 0 Å². The summed E-state index contributed by atoms with van der Waals surface area (Å²) in [5.41, 5.74) is 27.6. The van der Waals surface area contributed by atoms with Crippen LogP contribution in [0.5, 0.6) is 0 Å². The summed E-state index contributed by atoms with van der Waals surface area (Å²) in [6, 6.07) is 122. The van der Waals surface area contributed by atoms with Crippen LogP contribution in [0.25, 0.3) is 188 Å². The highest BCUT2D eigenvalue weighted by Crippen LogP contribution is 2.42. The topological polar surface area (TPSA) is 52.1 Å². The van der Waals surface area contributed by atoms with E-state index in [2.05, 4.69) is 315 Å². The first-order valence-corrected chi connectivity index (χ1v) is 32.0. The molecule has 0 amide bonds. The van der Waals surface area contributed by atoms with Crippen LogP contribution in [0.1, 0.15) is 0 Å². The maximum Gasteiger partial charge on any atom is 0.136 e. The van der Waals surface area contributed by atoms with E-state index >= 15 is 0 Å². The molecule has 94 heavy (non-hydrogen) atoms. The summed E-state index contributed by atoms with van der Waals surface area (Å²) in [6.45, 7) is 0. The van der Waals surface area contributed by atoms with Crippen molar-refractivity contribution in [3.05, 3.63) is 340 Å². The molecular formula is C90H56N2O2. The Bertz CT molecular complexity index is 5890. The molecule has 4 heteroatoms. The third kappa shape index (κ3) is 9.99. The van der Waals surface area contributed by atoms with Gasteiger partial charge in [0.25, 0.3) is 0 Å². The quantitative estimate of drug-likeness (QED) is 0.129. The van der Waals surface area contributed by atoms with Crippen LogP contribution in [-0.2, 0) is 0 Å². The molecule has 18 aromatic rings. The lowest BCUT2D eigenvalue weighted by Gasteiger charge is -2.15. The van der Waals surface area contributed by atoms with Crippen molar-refractivity contribution >= 4 is 65.4 Å². The first-order chi connectivity index (χ1) is 46.5. The number of rotatable bonds is 11. The molecule has 0 aliphatic carbocycles. The van der Waals surface area contributed by atoms with E-state index in [0.717, 1.165) is 145 Å². The highest BCUT2D eigenvalue weighted by Gasteiger charge is 2.18. The molecule has 0 N–H and O–H groups in total. The summed E-state index contributed by atoms with van der Waals surface area (Å²) >= 11 is 0. The van der Waals surface area contributed by atoms with E-state index in [-0.39, 0.29) is 0 Å². The molecule has 4 nitrogen and oxygen atoms in total. The van der Waals surface area contributed by atoms with Crippen LogP contribution >= 0.6 is 0 Å². The van der Waals surface area contributed by atoms with E-state index in [4.69, 9.17) is 18.8 Å². The molecule has 0 saturated heterocycles. The predicted molar refractivity (Wildman–Crippen MR) is 391 cm³/mol. The first kappa shape index (κ1) is 54.4. The Morgan fingerprint density at radius 3 is 1.05 bits per heavy atom. The Morgan fingerprint density at radius 2 is 0.500 bits per heavy atom. The average molecular weight is 1200 g/mol. The fraction of sp³-hybridized carbons (Fsp3) is 0. The number of hydrogen-bond donors (Lipinski definition) is 0. The third-order valence-corrected chi connectivity index (χ3v) is 18.7. The first-order valence-electron chi connectivity index (χ1n) is 32.0. The summed E-state index contributed by atoms with van der Waals surface area (Å²) < 4.78 is 12.8. The highest BCUT2D eigenvalue weighted by molar-refractivity contribution is 6.09. The third-order valence-electron chi connectivity index (χ3n) is 18.7. The lowest BCUT2D eigenvalue weighted by molar-refractivity contribution is 0.668. The molecule has 4 heterocycles. The second kappa shape index (κ2) is 22.8. The monoisotopic (exact) mass is 1200 g/mol. The number of hydrogen-bond acceptors (Lipinski definition) is 4. The maximum absolute atomic E-state index is 6.62. The van der Waals surface area contributed by atoms with Crippen LogP contribution in [0, 0.1) is 0 Å². The van der Waals surface area contributed by atoms with Gasteiger partial charge in [0, 0.05) is 43.8 Å². The zero-order valence-electron chi connectivity index (χ0n) is 51.0. The molecule has 0 atom stereocenters. The van der Waals surface area contributed by atoms with Gasteiger partial charge in [-0.1, -0.05) is 255 Å². The second-order valence-corrected chi connectivity index (χ2v) is 24.4. The fourth-order valence-electron chi connectivity index (χ4n) is 13.8. The van der Waals surface area contributed by atoms with Gasteiger partial charge in [-0.05, 0) is 184 Å². The standard InChI is InChI=1S/C90H56N2O2/c1-4-15-60(16-5-1)83-52-73(53-84(91-83)61-17-6-2-7-18-61)69-38-37-67-48-66(35-36-68(67)49-69)64-21-14-22-65(47-64)71-41-46-89-82(51-71)80-42-39-72(56-90(80)94-89)58-29-33-63(34-30-58)86-55-74(54-85(92-86)62-19-8-3-9-20-62)76-44-43-75(77-23-10-11-24-78(76)77)59-31-27-57(28-32-59)70-40-45-88-81(50-70)79-25-12-13-26-87(79)93-88/h1-56H. The van der Waals surface area contributed by atoms with Crippen molar-refractivity contribution in [3.63, 3.8) is 0 Å². The smallest absolute Gasteiger partial charge is 0.136 e. The van der Waals surface area contributed by atoms with Crippen LogP contribution in [0.2, 0.25) is 0 Å². The van der Waals surface area contributed by atoms with Crippen molar-refractivity contribution in [2.24, 2.45) is 0 Å². The molecule has 18 rings (SSSR count). The van der Waals surface area contributed by atoms with Gasteiger partial charge >= 0.3 is 0 Å². The minimum absolute atomic E-state index is 0.855. The van der Waals surface area contributed by atoms with E-state index in [1.807, 2.05) is 24.3 Å². The van der Waals surface area contributed by atoms with Gasteiger partial charge in [-0.3, -0.25) is 0 Å². The van der Waals surface area contributed by atoms with Crippen LogP contribution in [0.3, 0.4) is 0 Å². The number of nitrogens with zero attached hydrogens (tertiary/aromatic N) is 2. The van der Waals surface area contributed by atoms with Gasteiger partial charge in [0.15, 0.2) is 0 Å². The van der Waals surface area contributed by atoms with Gasteiger partial charge < -0.3 is 8.83 Å².